The molecule has 2 aromatic carbocycles. The zero-order valence-corrected chi connectivity index (χ0v) is 18.1. The molecular formula is C22H23F3N2O4S. The van der Waals surface area contributed by atoms with E-state index in [9.17, 15) is 26.4 Å². The molecule has 0 aliphatic carbocycles. The van der Waals surface area contributed by atoms with E-state index < -0.39 is 27.9 Å². The Morgan fingerprint density at radius 1 is 1.22 bits per heavy atom. The van der Waals surface area contributed by atoms with E-state index in [1.165, 1.54) is 42.3 Å². The van der Waals surface area contributed by atoms with Crippen LogP contribution >= 0.6 is 0 Å². The monoisotopic (exact) mass is 468 g/mol. The van der Waals surface area contributed by atoms with Crippen LogP contribution in [0.25, 0.3) is 0 Å². The summed E-state index contributed by atoms with van der Waals surface area (Å²) >= 11 is 0. The molecule has 1 N–H and O–H groups in total. The molecule has 2 atom stereocenters. The first kappa shape index (κ1) is 24.0. The molecule has 0 saturated carbocycles. The van der Waals surface area contributed by atoms with Crippen LogP contribution in [0.4, 0.5) is 13.2 Å². The largest absolute Gasteiger partial charge is 0.416 e. The Bertz CT molecular complexity index is 1100. The number of carbonyl (C=O) groups excluding carboxylic acids is 1. The van der Waals surface area contributed by atoms with Gasteiger partial charge in [-0.05, 0) is 48.5 Å². The van der Waals surface area contributed by atoms with Crippen LogP contribution in [0.15, 0.2) is 66.1 Å². The van der Waals surface area contributed by atoms with Gasteiger partial charge in [0.2, 0.25) is 15.9 Å². The molecule has 1 aliphatic rings. The van der Waals surface area contributed by atoms with Crippen molar-refractivity contribution in [3.8, 4) is 0 Å². The van der Waals surface area contributed by atoms with Crippen LogP contribution in [0.3, 0.4) is 0 Å². The highest BCUT2D eigenvalue weighted by molar-refractivity contribution is 7.89. The SMILES string of the molecule is C=CC(=O)N1C[C@@H](OCc2cccc(C(F)(F)F)c2)[C@H](c2cccc(S(=O)(=O)NC)c2)C1. The number of alkyl halides is 3. The van der Waals surface area contributed by atoms with Crippen molar-refractivity contribution in [2.45, 2.75) is 29.7 Å². The molecule has 1 amide bonds. The Morgan fingerprint density at radius 2 is 1.94 bits per heavy atom. The molecule has 1 fully saturated rings. The van der Waals surface area contributed by atoms with Crippen molar-refractivity contribution in [2.75, 3.05) is 20.1 Å². The lowest BCUT2D eigenvalue weighted by Crippen LogP contribution is -2.28. The van der Waals surface area contributed by atoms with E-state index in [0.29, 0.717) is 11.1 Å². The van der Waals surface area contributed by atoms with Crippen molar-refractivity contribution in [3.05, 3.63) is 77.9 Å². The van der Waals surface area contributed by atoms with Crippen LogP contribution in [0.5, 0.6) is 0 Å². The summed E-state index contributed by atoms with van der Waals surface area (Å²) in [6.07, 6.45) is -3.83. The number of ether oxygens (including phenoxy) is 1. The van der Waals surface area contributed by atoms with Gasteiger partial charge in [0.1, 0.15) is 0 Å². The smallest absolute Gasteiger partial charge is 0.371 e. The van der Waals surface area contributed by atoms with E-state index in [1.807, 2.05) is 0 Å². The van der Waals surface area contributed by atoms with E-state index >= 15 is 0 Å². The maximum absolute atomic E-state index is 13.0. The number of benzene rings is 2. The average molecular weight is 468 g/mol. The normalized spacial score (nSPS) is 19.2. The van der Waals surface area contributed by atoms with Gasteiger partial charge in [0.15, 0.2) is 0 Å². The molecule has 10 heteroatoms. The second kappa shape index (κ2) is 9.43. The van der Waals surface area contributed by atoms with Crippen molar-refractivity contribution in [3.63, 3.8) is 0 Å². The number of hydrogen-bond acceptors (Lipinski definition) is 4. The summed E-state index contributed by atoms with van der Waals surface area (Å²) in [5, 5.41) is 0. The van der Waals surface area contributed by atoms with Crippen LogP contribution in [0.1, 0.15) is 22.6 Å². The van der Waals surface area contributed by atoms with Crippen molar-refractivity contribution in [1.29, 1.82) is 0 Å². The molecule has 1 aliphatic heterocycles. The molecule has 32 heavy (non-hydrogen) atoms. The van der Waals surface area contributed by atoms with Gasteiger partial charge in [-0.25, -0.2) is 13.1 Å². The lowest BCUT2D eigenvalue weighted by atomic mass is 9.96. The third-order valence-corrected chi connectivity index (χ3v) is 6.75. The number of halogens is 3. The zero-order valence-electron chi connectivity index (χ0n) is 17.3. The Morgan fingerprint density at radius 3 is 2.59 bits per heavy atom. The molecule has 1 heterocycles. The summed E-state index contributed by atoms with van der Waals surface area (Å²) in [7, 11) is -2.36. The number of sulfonamides is 1. The van der Waals surface area contributed by atoms with E-state index in [1.54, 1.807) is 12.1 Å². The van der Waals surface area contributed by atoms with Gasteiger partial charge in [-0.1, -0.05) is 30.8 Å². The summed E-state index contributed by atoms with van der Waals surface area (Å²) in [6, 6.07) is 11.2. The first-order valence-corrected chi connectivity index (χ1v) is 11.3. The topological polar surface area (TPSA) is 75.7 Å². The van der Waals surface area contributed by atoms with Crippen LogP contribution in [-0.2, 0) is 32.3 Å². The lowest BCUT2D eigenvalue weighted by molar-refractivity contribution is -0.137. The van der Waals surface area contributed by atoms with Crippen LogP contribution in [0, 0.1) is 0 Å². The summed E-state index contributed by atoms with van der Waals surface area (Å²) in [5.41, 5.74) is 0.225. The fourth-order valence-electron chi connectivity index (χ4n) is 3.64. The fraction of sp³-hybridized carbons (Fsp3) is 0.318. The Balaban J connectivity index is 1.85. The fourth-order valence-corrected chi connectivity index (χ4v) is 4.43. The summed E-state index contributed by atoms with van der Waals surface area (Å²) in [5.74, 6) is -0.670. The predicted molar refractivity (Wildman–Crippen MR) is 112 cm³/mol. The Hall–Kier alpha value is -2.69. The lowest BCUT2D eigenvalue weighted by Gasteiger charge is -2.20. The number of amides is 1. The standard InChI is InChI=1S/C22H23F3N2O4S/c1-3-21(28)27-12-19(16-7-5-9-18(11-16)32(29,30)26-2)20(13-27)31-14-15-6-4-8-17(10-15)22(23,24)25/h3-11,19-20,26H,1,12-14H2,2H3/t19-,20+/m0/s1. The van der Waals surface area contributed by atoms with E-state index in [0.717, 1.165) is 12.1 Å². The van der Waals surface area contributed by atoms with Gasteiger partial charge in [-0.15, -0.1) is 0 Å². The van der Waals surface area contributed by atoms with Crippen molar-refractivity contribution < 1.29 is 31.1 Å². The van der Waals surface area contributed by atoms with E-state index in [4.69, 9.17) is 4.74 Å². The number of nitrogens with zero attached hydrogens (tertiary/aromatic N) is 1. The average Bonchev–Trinajstić information content (AvgIpc) is 3.21. The summed E-state index contributed by atoms with van der Waals surface area (Å²) in [6.45, 7) is 3.87. The molecule has 172 valence electrons. The van der Waals surface area contributed by atoms with Crippen molar-refractivity contribution >= 4 is 15.9 Å². The van der Waals surface area contributed by atoms with Crippen LogP contribution < -0.4 is 4.72 Å². The Kier molecular flexibility index (Phi) is 7.06. The van der Waals surface area contributed by atoms with Gasteiger partial charge in [0.25, 0.3) is 0 Å². The molecule has 0 radical (unpaired) electrons. The maximum Gasteiger partial charge on any atom is 0.416 e. The van der Waals surface area contributed by atoms with Gasteiger partial charge >= 0.3 is 6.18 Å². The van der Waals surface area contributed by atoms with Gasteiger partial charge < -0.3 is 9.64 Å². The number of likely N-dealkylation sites (tertiary alicyclic amines) is 1. The minimum absolute atomic E-state index is 0.0719. The molecule has 0 aromatic heterocycles. The molecule has 0 spiro atoms. The highest BCUT2D eigenvalue weighted by atomic mass is 32.2. The van der Waals surface area contributed by atoms with Gasteiger partial charge in [-0.2, -0.15) is 13.2 Å². The highest BCUT2D eigenvalue weighted by Crippen LogP contribution is 2.33. The number of rotatable bonds is 7. The number of carbonyl (C=O) groups is 1. The molecule has 0 unspecified atom stereocenters. The quantitative estimate of drug-likeness (QED) is 0.633. The number of hydrogen-bond donors (Lipinski definition) is 1. The molecule has 0 bridgehead atoms. The second-order valence-corrected chi connectivity index (χ2v) is 9.27. The minimum atomic E-state index is -4.46. The van der Waals surface area contributed by atoms with Gasteiger partial charge in [0, 0.05) is 19.0 Å². The van der Waals surface area contributed by atoms with Crippen LogP contribution in [-0.4, -0.2) is 45.5 Å². The second-order valence-electron chi connectivity index (χ2n) is 7.38. The van der Waals surface area contributed by atoms with Gasteiger partial charge in [-0.3, -0.25) is 4.79 Å². The third-order valence-electron chi connectivity index (χ3n) is 5.34. The van der Waals surface area contributed by atoms with Gasteiger partial charge in [0.05, 0.1) is 23.2 Å². The predicted octanol–water partition coefficient (Wildman–Crippen LogP) is 3.31. The molecular weight excluding hydrogens is 445 g/mol. The first-order valence-electron chi connectivity index (χ1n) is 9.77. The first-order chi connectivity index (χ1) is 15.0. The minimum Gasteiger partial charge on any atom is -0.371 e. The summed E-state index contributed by atoms with van der Waals surface area (Å²) in [4.78, 5) is 13.8. The van der Waals surface area contributed by atoms with Crippen molar-refractivity contribution in [1.82, 2.24) is 9.62 Å². The number of nitrogens with one attached hydrogen (secondary N) is 1. The zero-order chi connectivity index (χ0) is 23.5. The molecule has 2 aromatic rings. The van der Waals surface area contributed by atoms with E-state index in [2.05, 4.69) is 11.3 Å². The Labute approximate surface area is 184 Å². The maximum atomic E-state index is 13.0. The summed E-state index contributed by atoms with van der Waals surface area (Å²) < 4.78 is 71.5. The third kappa shape index (κ3) is 5.37. The molecule has 1 saturated heterocycles. The highest BCUT2D eigenvalue weighted by Gasteiger charge is 2.37. The molecule has 3 rings (SSSR count). The molecule has 6 nitrogen and oxygen atoms in total. The van der Waals surface area contributed by atoms with Crippen LogP contribution in [0.2, 0.25) is 0 Å². The van der Waals surface area contributed by atoms with Crippen molar-refractivity contribution in [2.24, 2.45) is 0 Å². The van der Waals surface area contributed by atoms with E-state index in [-0.39, 0.29) is 36.4 Å².